The quantitative estimate of drug-likeness (QED) is 0.698. The van der Waals surface area contributed by atoms with E-state index in [1.54, 1.807) is 12.4 Å². The maximum Gasteiger partial charge on any atom is 0.405 e. The Bertz CT molecular complexity index is 485. The molecule has 5 heteroatoms. The van der Waals surface area contributed by atoms with Crippen molar-refractivity contribution in [1.82, 2.24) is 10.3 Å². The van der Waals surface area contributed by atoms with Crippen molar-refractivity contribution in [2.24, 2.45) is 0 Å². The number of nitrogens with one attached hydrogen (secondary N) is 1. The van der Waals surface area contributed by atoms with Crippen LogP contribution in [0, 0.1) is 0 Å². The highest BCUT2D eigenvalue weighted by Crippen LogP contribution is 2.35. The molecule has 1 aliphatic carbocycles. The maximum absolute atomic E-state index is 10.7. The molecule has 1 heterocycles. The van der Waals surface area contributed by atoms with E-state index in [2.05, 4.69) is 10.3 Å². The van der Waals surface area contributed by atoms with E-state index < -0.39 is 6.09 Å². The van der Waals surface area contributed by atoms with Gasteiger partial charge in [-0.25, -0.2) is 4.79 Å². The van der Waals surface area contributed by atoms with Crippen LogP contribution in [-0.2, 0) is 0 Å². The van der Waals surface area contributed by atoms with E-state index in [1.807, 2.05) is 19.1 Å². The molecule has 1 aliphatic rings. The fourth-order valence-corrected chi connectivity index (χ4v) is 2.54. The van der Waals surface area contributed by atoms with E-state index >= 15 is 0 Å². The first-order chi connectivity index (χ1) is 8.56. The fraction of sp³-hybridized carbons (Fsp3) is 0.385. The van der Waals surface area contributed by atoms with Gasteiger partial charge in [0.25, 0.3) is 0 Å². The zero-order valence-corrected chi connectivity index (χ0v) is 10.3. The Morgan fingerprint density at radius 1 is 1.61 bits per heavy atom. The average molecular weight is 247 g/mol. The lowest BCUT2D eigenvalue weighted by Gasteiger charge is -2.28. The Morgan fingerprint density at radius 3 is 3.06 bits per heavy atom. The third kappa shape index (κ3) is 2.80. The molecule has 0 saturated carbocycles. The Kier molecular flexibility index (Phi) is 3.50. The highest BCUT2D eigenvalue weighted by Gasteiger charge is 2.24. The van der Waals surface area contributed by atoms with Crippen molar-refractivity contribution in [3.05, 3.63) is 35.7 Å². The summed E-state index contributed by atoms with van der Waals surface area (Å²) in [7, 11) is 0. The second-order valence-electron chi connectivity index (χ2n) is 4.71. The SMILES string of the molecule is CC1=C[C@@H](NC(=O)O)C[C@H](c2ccncc2N)C1. The molecule has 96 valence electrons. The summed E-state index contributed by atoms with van der Waals surface area (Å²) in [5.74, 6) is 0.245. The molecule has 0 aromatic carbocycles. The molecule has 0 aliphatic heterocycles. The maximum atomic E-state index is 10.7. The normalized spacial score (nSPS) is 23.3. The van der Waals surface area contributed by atoms with Crippen molar-refractivity contribution in [3.63, 3.8) is 0 Å². The summed E-state index contributed by atoms with van der Waals surface area (Å²) in [5.41, 5.74) is 8.83. The Hall–Kier alpha value is -2.04. The number of nitrogens with two attached hydrogens (primary N) is 1. The molecule has 0 saturated heterocycles. The van der Waals surface area contributed by atoms with Gasteiger partial charge < -0.3 is 16.2 Å². The third-order valence-corrected chi connectivity index (χ3v) is 3.23. The molecule has 5 nitrogen and oxygen atoms in total. The summed E-state index contributed by atoms with van der Waals surface area (Å²) in [6.07, 6.45) is 5.99. The Balaban J connectivity index is 2.19. The number of carbonyl (C=O) groups is 1. The standard InChI is InChI=1S/C13H17N3O2/c1-8-4-9(6-10(5-8)16-13(17)18)11-2-3-15-7-12(11)14/h2-3,5,7,9-10,16H,4,6,14H2,1H3,(H,17,18)/t9-,10-/m1/s1. The largest absolute Gasteiger partial charge is 0.465 e. The molecule has 0 fully saturated rings. The van der Waals surface area contributed by atoms with E-state index in [9.17, 15) is 4.79 Å². The minimum Gasteiger partial charge on any atom is -0.465 e. The number of nitrogens with zero attached hydrogens (tertiary/aromatic N) is 1. The van der Waals surface area contributed by atoms with Crippen LogP contribution in [0.1, 0.15) is 31.2 Å². The van der Waals surface area contributed by atoms with Gasteiger partial charge in [0.2, 0.25) is 0 Å². The van der Waals surface area contributed by atoms with Gasteiger partial charge >= 0.3 is 6.09 Å². The van der Waals surface area contributed by atoms with Gasteiger partial charge in [0.1, 0.15) is 0 Å². The zero-order chi connectivity index (χ0) is 13.1. The monoisotopic (exact) mass is 247 g/mol. The van der Waals surface area contributed by atoms with E-state index in [1.165, 1.54) is 5.57 Å². The van der Waals surface area contributed by atoms with Crippen molar-refractivity contribution >= 4 is 11.8 Å². The first-order valence-corrected chi connectivity index (χ1v) is 5.92. The molecule has 0 spiro atoms. The summed E-state index contributed by atoms with van der Waals surface area (Å²) in [4.78, 5) is 14.7. The van der Waals surface area contributed by atoms with Gasteiger partial charge in [0.15, 0.2) is 0 Å². The molecule has 1 amide bonds. The van der Waals surface area contributed by atoms with E-state index in [0.717, 1.165) is 18.4 Å². The van der Waals surface area contributed by atoms with Crippen LogP contribution in [0.25, 0.3) is 0 Å². The summed E-state index contributed by atoms with van der Waals surface area (Å²) in [6.45, 7) is 2.01. The van der Waals surface area contributed by atoms with Crippen molar-refractivity contribution in [3.8, 4) is 0 Å². The predicted octanol–water partition coefficient (Wildman–Crippen LogP) is 2.12. The highest BCUT2D eigenvalue weighted by molar-refractivity contribution is 5.65. The van der Waals surface area contributed by atoms with E-state index in [-0.39, 0.29) is 12.0 Å². The van der Waals surface area contributed by atoms with Gasteiger partial charge in [-0.15, -0.1) is 0 Å². The number of allylic oxidation sites excluding steroid dienone is 1. The molecule has 2 rings (SSSR count). The number of carboxylic acid groups (broad SMARTS) is 1. The number of amides is 1. The second kappa shape index (κ2) is 5.08. The summed E-state index contributed by atoms with van der Waals surface area (Å²) in [6, 6.07) is 1.77. The van der Waals surface area contributed by atoms with Gasteiger partial charge in [0.05, 0.1) is 17.9 Å². The van der Waals surface area contributed by atoms with E-state index in [0.29, 0.717) is 5.69 Å². The lowest BCUT2D eigenvalue weighted by molar-refractivity contribution is 0.190. The molecule has 4 N–H and O–H groups in total. The molecule has 0 bridgehead atoms. The molecular weight excluding hydrogens is 230 g/mol. The number of anilines is 1. The number of rotatable bonds is 2. The minimum atomic E-state index is -0.993. The van der Waals surface area contributed by atoms with Crippen LogP contribution in [0.2, 0.25) is 0 Å². The van der Waals surface area contributed by atoms with Crippen molar-refractivity contribution < 1.29 is 9.90 Å². The molecular formula is C13H17N3O2. The zero-order valence-electron chi connectivity index (χ0n) is 10.3. The third-order valence-electron chi connectivity index (χ3n) is 3.23. The molecule has 1 aromatic heterocycles. The lowest BCUT2D eigenvalue weighted by atomic mass is 9.82. The smallest absolute Gasteiger partial charge is 0.405 e. The summed E-state index contributed by atoms with van der Waals surface area (Å²) in [5, 5.41) is 11.3. The molecule has 0 radical (unpaired) electrons. The average Bonchev–Trinajstić information content (AvgIpc) is 2.27. The molecule has 1 aromatic rings. The number of aromatic nitrogens is 1. The topological polar surface area (TPSA) is 88.2 Å². The lowest BCUT2D eigenvalue weighted by Crippen LogP contribution is -2.35. The highest BCUT2D eigenvalue weighted by atomic mass is 16.4. The van der Waals surface area contributed by atoms with Crippen LogP contribution in [0.4, 0.5) is 10.5 Å². The van der Waals surface area contributed by atoms with Gasteiger partial charge in [-0.1, -0.05) is 11.6 Å². The number of nitrogen functional groups attached to an aromatic ring is 1. The first-order valence-electron chi connectivity index (χ1n) is 5.92. The van der Waals surface area contributed by atoms with Gasteiger partial charge in [-0.05, 0) is 37.3 Å². The first kappa shape index (κ1) is 12.4. The number of hydrogen-bond acceptors (Lipinski definition) is 3. The van der Waals surface area contributed by atoms with Crippen LogP contribution in [-0.4, -0.2) is 22.2 Å². The summed E-state index contributed by atoms with van der Waals surface area (Å²) < 4.78 is 0. The number of pyridine rings is 1. The van der Waals surface area contributed by atoms with Crippen molar-refractivity contribution in [2.75, 3.05) is 5.73 Å². The van der Waals surface area contributed by atoms with Crippen molar-refractivity contribution in [1.29, 1.82) is 0 Å². The van der Waals surface area contributed by atoms with Crippen LogP contribution in [0.15, 0.2) is 30.1 Å². The van der Waals surface area contributed by atoms with Crippen LogP contribution >= 0.6 is 0 Å². The minimum absolute atomic E-state index is 0.145. The number of hydrogen-bond donors (Lipinski definition) is 3. The van der Waals surface area contributed by atoms with Gasteiger partial charge in [-0.3, -0.25) is 4.98 Å². The van der Waals surface area contributed by atoms with Gasteiger partial charge in [0, 0.05) is 6.20 Å². The Morgan fingerprint density at radius 2 is 2.39 bits per heavy atom. The Labute approximate surface area is 106 Å². The van der Waals surface area contributed by atoms with Crippen LogP contribution in [0.3, 0.4) is 0 Å². The van der Waals surface area contributed by atoms with Gasteiger partial charge in [-0.2, -0.15) is 0 Å². The summed E-state index contributed by atoms with van der Waals surface area (Å²) >= 11 is 0. The molecule has 0 unspecified atom stereocenters. The predicted molar refractivity (Wildman–Crippen MR) is 69.3 cm³/mol. The fourth-order valence-electron chi connectivity index (χ4n) is 2.54. The molecule has 18 heavy (non-hydrogen) atoms. The van der Waals surface area contributed by atoms with Crippen molar-refractivity contribution in [2.45, 2.75) is 31.7 Å². The van der Waals surface area contributed by atoms with Crippen LogP contribution in [0.5, 0.6) is 0 Å². The van der Waals surface area contributed by atoms with Crippen LogP contribution < -0.4 is 11.1 Å². The second-order valence-corrected chi connectivity index (χ2v) is 4.71. The van der Waals surface area contributed by atoms with E-state index in [4.69, 9.17) is 10.8 Å². The molecule has 2 atom stereocenters.